The second kappa shape index (κ2) is 5.51. The zero-order valence-corrected chi connectivity index (χ0v) is 9.91. The highest BCUT2D eigenvalue weighted by Gasteiger charge is 2.11. The number of benzene rings is 1. The summed E-state index contributed by atoms with van der Waals surface area (Å²) in [5.74, 6) is -0.153. The molecule has 0 unspecified atom stereocenters. The van der Waals surface area contributed by atoms with E-state index in [-0.39, 0.29) is 5.91 Å². The van der Waals surface area contributed by atoms with E-state index in [9.17, 15) is 4.79 Å². The number of nitrogens with zero attached hydrogens (tertiary/aromatic N) is 2. The summed E-state index contributed by atoms with van der Waals surface area (Å²) in [6, 6.07) is 7.43. The van der Waals surface area contributed by atoms with Crippen LogP contribution in [0.3, 0.4) is 0 Å². The molecule has 1 heterocycles. The first-order chi connectivity index (χ1) is 8.31. The van der Waals surface area contributed by atoms with Gasteiger partial charge in [-0.15, -0.1) is 5.10 Å². The molecule has 1 amide bonds. The Hall–Kier alpha value is -1.79. The molecular formula is C11H12N4OS. The van der Waals surface area contributed by atoms with Crippen molar-refractivity contribution >= 4 is 22.4 Å². The smallest absolute Gasteiger partial charge is 0.256 e. The van der Waals surface area contributed by atoms with E-state index in [1.54, 1.807) is 6.07 Å². The maximum absolute atomic E-state index is 12.0. The number of nitrogens with one attached hydrogen (secondary N) is 1. The zero-order valence-electron chi connectivity index (χ0n) is 9.09. The molecule has 0 spiro atoms. The average Bonchev–Trinajstić information content (AvgIpc) is 2.83. The third-order valence-electron chi connectivity index (χ3n) is 2.27. The Kier molecular flexibility index (Phi) is 3.79. The summed E-state index contributed by atoms with van der Waals surface area (Å²) < 4.78 is 3.68. The number of anilines is 1. The summed E-state index contributed by atoms with van der Waals surface area (Å²) in [5, 5.41) is 7.05. The molecule has 6 heteroatoms. The van der Waals surface area contributed by atoms with Gasteiger partial charge in [-0.3, -0.25) is 4.79 Å². The van der Waals surface area contributed by atoms with Gasteiger partial charge in [0, 0.05) is 17.1 Å². The topological polar surface area (TPSA) is 80.9 Å². The first-order valence-corrected chi connectivity index (χ1v) is 5.95. The van der Waals surface area contributed by atoms with Crippen LogP contribution in [0.2, 0.25) is 0 Å². The summed E-state index contributed by atoms with van der Waals surface area (Å²) in [6.45, 7) is 0.520. The molecule has 0 aliphatic rings. The minimum Gasteiger partial charge on any atom is -0.330 e. The summed E-state index contributed by atoms with van der Waals surface area (Å²) >= 11 is 1.15. The summed E-state index contributed by atoms with van der Waals surface area (Å²) in [4.78, 5) is 12.0. The highest BCUT2D eigenvalue weighted by atomic mass is 32.1. The highest BCUT2D eigenvalue weighted by Crippen LogP contribution is 2.14. The molecule has 3 N–H and O–H groups in total. The van der Waals surface area contributed by atoms with Gasteiger partial charge in [0.25, 0.3) is 5.91 Å². The van der Waals surface area contributed by atoms with Crippen LogP contribution in [0, 0.1) is 0 Å². The van der Waals surface area contributed by atoms with Gasteiger partial charge in [-0.2, -0.15) is 0 Å². The van der Waals surface area contributed by atoms with Crippen LogP contribution in [0.25, 0.3) is 0 Å². The lowest BCUT2D eigenvalue weighted by atomic mass is 10.0. The quantitative estimate of drug-likeness (QED) is 0.854. The molecule has 88 valence electrons. The van der Waals surface area contributed by atoms with Crippen LogP contribution >= 0.6 is 11.5 Å². The first-order valence-electron chi connectivity index (χ1n) is 5.18. The van der Waals surface area contributed by atoms with Crippen molar-refractivity contribution in [2.75, 3.05) is 11.9 Å². The predicted molar refractivity (Wildman–Crippen MR) is 67.1 cm³/mol. The maximum atomic E-state index is 12.0. The number of hydrogen-bond donors (Lipinski definition) is 2. The second-order valence-electron chi connectivity index (χ2n) is 3.43. The van der Waals surface area contributed by atoms with Crippen LogP contribution in [-0.2, 0) is 6.42 Å². The van der Waals surface area contributed by atoms with Gasteiger partial charge in [-0.05, 0) is 24.6 Å². The Morgan fingerprint density at radius 1 is 1.41 bits per heavy atom. The molecule has 17 heavy (non-hydrogen) atoms. The molecule has 1 aromatic heterocycles. The van der Waals surface area contributed by atoms with Gasteiger partial charge >= 0.3 is 0 Å². The molecule has 0 bridgehead atoms. The lowest BCUT2D eigenvalue weighted by molar-refractivity contribution is 0.102. The standard InChI is InChI=1S/C11H12N4OS/c12-6-5-8-3-1-2-4-9(8)11(16)14-10-7-13-15-17-10/h1-4,7H,5-6,12H2,(H,14,16). The molecule has 5 nitrogen and oxygen atoms in total. The van der Waals surface area contributed by atoms with Gasteiger partial charge < -0.3 is 11.1 Å². The molecule has 0 saturated carbocycles. The molecule has 0 radical (unpaired) electrons. The van der Waals surface area contributed by atoms with E-state index in [4.69, 9.17) is 5.73 Å². The SMILES string of the molecule is NCCc1ccccc1C(=O)Nc1cnns1. The van der Waals surface area contributed by atoms with Crippen molar-refractivity contribution in [3.63, 3.8) is 0 Å². The van der Waals surface area contributed by atoms with Gasteiger partial charge in [0.15, 0.2) is 0 Å². The molecule has 2 aromatic rings. The molecule has 2 rings (SSSR count). The van der Waals surface area contributed by atoms with Crippen LogP contribution in [-0.4, -0.2) is 22.0 Å². The minimum atomic E-state index is -0.153. The predicted octanol–water partition coefficient (Wildman–Crippen LogP) is 1.29. The number of hydrogen-bond acceptors (Lipinski definition) is 5. The normalized spacial score (nSPS) is 10.2. The number of nitrogens with two attached hydrogens (primary N) is 1. The number of rotatable bonds is 4. The number of carbonyl (C=O) groups is 1. The molecule has 0 atom stereocenters. The Labute approximate surface area is 103 Å². The number of carbonyl (C=O) groups excluding carboxylic acids is 1. The molecule has 0 aliphatic carbocycles. The Morgan fingerprint density at radius 3 is 2.94 bits per heavy atom. The molecule has 0 saturated heterocycles. The molecule has 0 fully saturated rings. The van der Waals surface area contributed by atoms with Gasteiger partial charge in [0.2, 0.25) is 0 Å². The van der Waals surface area contributed by atoms with Crippen molar-refractivity contribution in [1.29, 1.82) is 0 Å². The second-order valence-corrected chi connectivity index (χ2v) is 4.22. The van der Waals surface area contributed by atoms with Gasteiger partial charge in [0.05, 0.1) is 6.20 Å². The fourth-order valence-corrected chi connectivity index (χ4v) is 1.93. The molecule has 1 aromatic carbocycles. The lowest BCUT2D eigenvalue weighted by Gasteiger charge is -2.07. The fourth-order valence-electron chi connectivity index (χ4n) is 1.52. The fraction of sp³-hybridized carbons (Fsp3) is 0.182. The van der Waals surface area contributed by atoms with E-state index >= 15 is 0 Å². The summed E-state index contributed by atoms with van der Waals surface area (Å²) in [6.07, 6.45) is 2.21. The van der Waals surface area contributed by atoms with E-state index in [1.807, 2.05) is 18.2 Å². The van der Waals surface area contributed by atoms with Crippen LogP contribution < -0.4 is 11.1 Å². The molecule has 0 aliphatic heterocycles. The van der Waals surface area contributed by atoms with Gasteiger partial charge in [-0.25, -0.2) is 0 Å². The average molecular weight is 248 g/mol. The summed E-state index contributed by atoms with van der Waals surface area (Å²) in [5.41, 5.74) is 7.11. The Balaban J connectivity index is 2.18. The number of aromatic nitrogens is 2. The summed E-state index contributed by atoms with van der Waals surface area (Å²) in [7, 11) is 0. The van der Waals surface area contributed by atoms with Crippen molar-refractivity contribution in [2.45, 2.75) is 6.42 Å². The van der Waals surface area contributed by atoms with Gasteiger partial charge in [-0.1, -0.05) is 22.7 Å². The van der Waals surface area contributed by atoms with Crippen LogP contribution in [0.1, 0.15) is 15.9 Å². The van der Waals surface area contributed by atoms with Crippen molar-refractivity contribution in [3.8, 4) is 0 Å². The van der Waals surface area contributed by atoms with E-state index in [0.29, 0.717) is 23.5 Å². The minimum absolute atomic E-state index is 0.153. The largest absolute Gasteiger partial charge is 0.330 e. The van der Waals surface area contributed by atoms with Crippen LogP contribution in [0.15, 0.2) is 30.5 Å². The first kappa shape index (κ1) is 11.7. The third-order valence-corrected chi connectivity index (χ3v) is 2.85. The highest BCUT2D eigenvalue weighted by molar-refractivity contribution is 7.10. The van der Waals surface area contributed by atoms with Crippen molar-refractivity contribution in [2.24, 2.45) is 5.73 Å². The van der Waals surface area contributed by atoms with E-state index in [1.165, 1.54) is 6.20 Å². The van der Waals surface area contributed by atoms with Gasteiger partial charge in [0.1, 0.15) is 5.00 Å². The van der Waals surface area contributed by atoms with Crippen molar-refractivity contribution < 1.29 is 4.79 Å². The van der Waals surface area contributed by atoms with E-state index < -0.39 is 0 Å². The lowest BCUT2D eigenvalue weighted by Crippen LogP contribution is -2.15. The van der Waals surface area contributed by atoms with Crippen LogP contribution in [0.4, 0.5) is 5.00 Å². The number of amides is 1. The zero-order chi connectivity index (χ0) is 12.1. The van der Waals surface area contributed by atoms with Crippen molar-refractivity contribution in [1.82, 2.24) is 9.59 Å². The van der Waals surface area contributed by atoms with E-state index in [2.05, 4.69) is 14.9 Å². The molecular weight excluding hydrogens is 236 g/mol. The Bertz CT molecular complexity index is 498. The Morgan fingerprint density at radius 2 is 2.24 bits per heavy atom. The van der Waals surface area contributed by atoms with Crippen LogP contribution in [0.5, 0.6) is 0 Å². The van der Waals surface area contributed by atoms with E-state index in [0.717, 1.165) is 17.1 Å². The maximum Gasteiger partial charge on any atom is 0.256 e. The van der Waals surface area contributed by atoms with Crippen molar-refractivity contribution in [3.05, 3.63) is 41.6 Å². The third kappa shape index (κ3) is 2.86. The monoisotopic (exact) mass is 248 g/mol.